The minimum Gasteiger partial charge on any atom is -0.454 e. The van der Waals surface area contributed by atoms with Crippen molar-refractivity contribution in [3.8, 4) is 6.07 Å². The number of carbonyl (C=O) groups excluding carboxylic acids is 2. The molecule has 0 fully saturated rings. The van der Waals surface area contributed by atoms with E-state index in [-0.39, 0.29) is 0 Å². The van der Waals surface area contributed by atoms with Crippen LogP contribution < -0.4 is 10.0 Å². The summed E-state index contributed by atoms with van der Waals surface area (Å²) in [6.07, 6.45) is 0. The Morgan fingerprint density at radius 1 is 1.17 bits per heavy atom. The molecule has 0 unspecified atom stereocenters. The number of amides is 1. The maximum Gasteiger partial charge on any atom is 0.324 e. The molecular formula is C20H20FN3O5S. The number of rotatable bonds is 8. The summed E-state index contributed by atoms with van der Waals surface area (Å²) in [4.78, 5) is 23.8. The summed E-state index contributed by atoms with van der Waals surface area (Å²) in [5.74, 6) is -3.14. The highest BCUT2D eigenvalue weighted by Crippen LogP contribution is 2.16. The molecule has 0 saturated carbocycles. The topological polar surface area (TPSA) is 125 Å². The summed E-state index contributed by atoms with van der Waals surface area (Å²) in [6.45, 7) is 2.48. The van der Waals surface area contributed by atoms with Crippen molar-refractivity contribution in [3.63, 3.8) is 0 Å². The number of carbonyl (C=O) groups is 2. The van der Waals surface area contributed by atoms with Crippen molar-refractivity contribution >= 4 is 27.6 Å². The standard InChI is InChI=1S/C20H20FN3O5S/c1-13(2)19(24-30(27,28)17-9-4-3-8-16(17)21)20(26)29-12-18(25)23-15-7-5-6-14(10-15)11-22/h3-10,13,19,24H,12H2,1-2H3,(H,23,25)/t19-/m0/s1. The minimum atomic E-state index is -4.33. The Bertz CT molecular complexity index is 1080. The Morgan fingerprint density at radius 2 is 1.87 bits per heavy atom. The number of benzene rings is 2. The summed E-state index contributed by atoms with van der Waals surface area (Å²) in [5.41, 5.74) is 0.683. The normalized spacial score (nSPS) is 12.1. The van der Waals surface area contributed by atoms with E-state index in [0.717, 1.165) is 12.1 Å². The summed E-state index contributed by atoms with van der Waals surface area (Å²) in [5, 5.41) is 11.3. The van der Waals surface area contributed by atoms with E-state index in [1.807, 2.05) is 6.07 Å². The third kappa shape index (κ3) is 6.10. The molecule has 0 aliphatic heterocycles. The molecule has 2 rings (SSSR count). The number of nitriles is 1. The monoisotopic (exact) mass is 433 g/mol. The van der Waals surface area contributed by atoms with Crippen LogP contribution in [0.3, 0.4) is 0 Å². The molecule has 0 aromatic heterocycles. The predicted octanol–water partition coefficient (Wildman–Crippen LogP) is 2.18. The second-order valence-electron chi connectivity index (χ2n) is 6.62. The van der Waals surface area contributed by atoms with Gasteiger partial charge in [-0.1, -0.05) is 32.0 Å². The van der Waals surface area contributed by atoms with E-state index in [1.54, 1.807) is 32.0 Å². The quantitative estimate of drug-likeness (QED) is 0.615. The number of ether oxygens (including phenoxy) is 1. The molecule has 2 N–H and O–H groups in total. The van der Waals surface area contributed by atoms with Crippen LogP contribution >= 0.6 is 0 Å². The molecular weight excluding hydrogens is 413 g/mol. The van der Waals surface area contributed by atoms with Crippen LogP contribution in [0.15, 0.2) is 53.4 Å². The number of nitrogens with one attached hydrogen (secondary N) is 2. The fourth-order valence-corrected chi connectivity index (χ4v) is 3.85. The van der Waals surface area contributed by atoms with Gasteiger partial charge in [0.25, 0.3) is 5.91 Å². The predicted molar refractivity (Wildman–Crippen MR) is 106 cm³/mol. The lowest BCUT2D eigenvalue weighted by molar-refractivity contribution is -0.150. The third-order valence-electron chi connectivity index (χ3n) is 3.95. The van der Waals surface area contributed by atoms with E-state index < -0.39 is 51.2 Å². The van der Waals surface area contributed by atoms with Crippen molar-refractivity contribution in [2.75, 3.05) is 11.9 Å². The zero-order valence-corrected chi connectivity index (χ0v) is 17.1. The zero-order chi connectivity index (χ0) is 22.3. The van der Waals surface area contributed by atoms with Crippen molar-refractivity contribution in [1.82, 2.24) is 4.72 Å². The Kier molecular flexibility index (Phi) is 7.63. The van der Waals surface area contributed by atoms with Crippen LogP contribution in [0.25, 0.3) is 0 Å². The summed E-state index contributed by atoms with van der Waals surface area (Å²) >= 11 is 0. The molecule has 0 bridgehead atoms. The number of hydrogen-bond donors (Lipinski definition) is 2. The van der Waals surface area contributed by atoms with Gasteiger partial charge in [-0.25, -0.2) is 12.8 Å². The molecule has 158 valence electrons. The first-order chi connectivity index (χ1) is 14.1. The Morgan fingerprint density at radius 3 is 2.50 bits per heavy atom. The van der Waals surface area contributed by atoms with E-state index in [4.69, 9.17) is 10.00 Å². The SMILES string of the molecule is CC(C)[C@H](NS(=O)(=O)c1ccccc1F)C(=O)OCC(=O)Nc1cccc(C#N)c1. The van der Waals surface area contributed by atoms with Crippen molar-refractivity contribution < 1.29 is 27.1 Å². The zero-order valence-electron chi connectivity index (χ0n) is 16.3. The van der Waals surface area contributed by atoms with Gasteiger partial charge in [-0.15, -0.1) is 0 Å². The van der Waals surface area contributed by atoms with Crippen LogP contribution in [0.5, 0.6) is 0 Å². The number of esters is 1. The molecule has 0 aliphatic carbocycles. The van der Waals surface area contributed by atoms with E-state index in [0.29, 0.717) is 11.3 Å². The van der Waals surface area contributed by atoms with Gasteiger partial charge in [-0.3, -0.25) is 9.59 Å². The number of halogens is 1. The summed E-state index contributed by atoms with van der Waals surface area (Å²) in [7, 11) is -4.33. The van der Waals surface area contributed by atoms with Crippen LogP contribution in [-0.2, 0) is 24.3 Å². The molecule has 30 heavy (non-hydrogen) atoms. The third-order valence-corrected chi connectivity index (χ3v) is 5.42. The molecule has 1 amide bonds. The molecule has 0 saturated heterocycles. The summed E-state index contributed by atoms with van der Waals surface area (Å²) in [6, 6.07) is 11.5. The maximum atomic E-state index is 13.8. The number of nitrogens with zero attached hydrogens (tertiary/aromatic N) is 1. The Balaban J connectivity index is 2.02. The average molecular weight is 433 g/mol. The van der Waals surface area contributed by atoms with Gasteiger partial charge in [0.2, 0.25) is 10.0 Å². The van der Waals surface area contributed by atoms with Crippen molar-refractivity contribution in [2.24, 2.45) is 5.92 Å². The fraction of sp³-hybridized carbons (Fsp3) is 0.250. The summed E-state index contributed by atoms with van der Waals surface area (Å²) < 4.78 is 45.8. The van der Waals surface area contributed by atoms with Crippen LogP contribution in [0.1, 0.15) is 19.4 Å². The van der Waals surface area contributed by atoms with Gasteiger partial charge in [0.05, 0.1) is 11.6 Å². The van der Waals surface area contributed by atoms with E-state index >= 15 is 0 Å². The number of anilines is 1. The molecule has 0 radical (unpaired) electrons. The van der Waals surface area contributed by atoms with Gasteiger partial charge in [0, 0.05) is 5.69 Å². The van der Waals surface area contributed by atoms with Gasteiger partial charge < -0.3 is 10.1 Å². The lowest BCUT2D eigenvalue weighted by Gasteiger charge is -2.21. The average Bonchev–Trinajstić information content (AvgIpc) is 2.70. The van der Waals surface area contributed by atoms with Gasteiger partial charge in [-0.05, 0) is 36.2 Å². The number of sulfonamides is 1. The van der Waals surface area contributed by atoms with E-state index in [1.165, 1.54) is 18.2 Å². The Hall–Kier alpha value is -3.29. The largest absolute Gasteiger partial charge is 0.454 e. The first-order valence-electron chi connectivity index (χ1n) is 8.87. The second-order valence-corrected chi connectivity index (χ2v) is 8.30. The smallest absolute Gasteiger partial charge is 0.324 e. The lowest BCUT2D eigenvalue weighted by atomic mass is 10.1. The molecule has 2 aromatic carbocycles. The van der Waals surface area contributed by atoms with Gasteiger partial charge in [0.15, 0.2) is 6.61 Å². The molecule has 1 atom stereocenters. The van der Waals surface area contributed by atoms with Crippen LogP contribution in [-0.4, -0.2) is 32.9 Å². The maximum absolute atomic E-state index is 13.8. The second kappa shape index (κ2) is 9.96. The highest BCUT2D eigenvalue weighted by Gasteiger charge is 2.31. The van der Waals surface area contributed by atoms with E-state index in [9.17, 15) is 22.4 Å². The molecule has 0 heterocycles. The first-order valence-corrected chi connectivity index (χ1v) is 10.4. The van der Waals surface area contributed by atoms with Crippen LogP contribution in [0, 0.1) is 23.1 Å². The first kappa shape index (κ1) is 23.0. The highest BCUT2D eigenvalue weighted by atomic mass is 32.2. The minimum absolute atomic E-state index is 0.340. The van der Waals surface area contributed by atoms with Gasteiger partial charge in [-0.2, -0.15) is 9.98 Å². The Labute approximate surface area is 173 Å². The molecule has 2 aromatic rings. The molecule has 10 heteroatoms. The van der Waals surface area contributed by atoms with Crippen LogP contribution in [0.2, 0.25) is 0 Å². The fourth-order valence-electron chi connectivity index (χ4n) is 2.44. The number of hydrogen-bond acceptors (Lipinski definition) is 6. The van der Waals surface area contributed by atoms with Crippen molar-refractivity contribution in [3.05, 3.63) is 59.9 Å². The van der Waals surface area contributed by atoms with E-state index in [2.05, 4.69) is 10.0 Å². The van der Waals surface area contributed by atoms with Crippen molar-refractivity contribution in [2.45, 2.75) is 24.8 Å². The van der Waals surface area contributed by atoms with Gasteiger partial charge >= 0.3 is 5.97 Å². The van der Waals surface area contributed by atoms with Gasteiger partial charge in [0.1, 0.15) is 16.8 Å². The molecule has 0 aliphatic rings. The van der Waals surface area contributed by atoms with Crippen LogP contribution in [0.4, 0.5) is 10.1 Å². The highest BCUT2D eigenvalue weighted by molar-refractivity contribution is 7.89. The molecule has 8 nitrogen and oxygen atoms in total. The van der Waals surface area contributed by atoms with Crippen molar-refractivity contribution in [1.29, 1.82) is 5.26 Å². The molecule has 0 spiro atoms. The lowest BCUT2D eigenvalue weighted by Crippen LogP contribution is -2.46.